The highest BCUT2D eigenvalue weighted by molar-refractivity contribution is 5.94. The van der Waals surface area contributed by atoms with Crippen LogP contribution in [-0.4, -0.2) is 28.9 Å². The number of H-pyrrole nitrogens is 1. The zero-order valence-electron chi connectivity index (χ0n) is 13.5. The minimum atomic E-state index is -0.256. The minimum Gasteiger partial charge on any atom is -0.335 e. The Labute approximate surface area is 139 Å². The van der Waals surface area contributed by atoms with Crippen LogP contribution >= 0.6 is 0 Å². The molecule has 3 rings (SSSR count). The molecule has 0 saturated heterocycles. The summed E-state index contributed by atoms with van der Waals surface area (Å²) in [5.74, 6) is -0.391. The summed E-state index contributed by atoms with van der Waals surface area (Å²) in [6.07, 6.45) is 3.37. The van der Waals surface area contributed by atoms with Crippen LogP contribution in [0.25, 0.3) is 5.57 Å². The van der Waals surface area contributed by atoms with Crippen LogP contribution in [0.4, 0.5) is 4.39 Å². The highest BCUT2D eigenvalue weighted by Gasteiger charge is 2.20. The van der Waals surface area contributed by atoms with Gasteiger partial charge < -0.3 is 9.88 Å². The van der Waals surface area contributed by atoms with Crippen LogP contribution in [0.1, 0.15) is 35.0 Å². The molecule has 1 aromatic heterocycles. The van der Waals surface area contributed by atoms with Crippen molar-refractivity contribution >= 4 is 11.5 Å². The summed E-state index contributed by atoms with van der Waals surface area (Å²) in [5.41, 5.74) is 3.02. The highest BCUT2D eigenvalue weighted by atomic mass is 19.1. The molecule has 124 valence electrons. The number of carbonyl (C=O) groups excluding carboxylic acids is 1. The third-order valence-corrected chi connectivity index (χ3v) is 4.24. The van der Waals surface area contributed by atoms with E-state index in [1.54, 1.807) is 23.1 Å². The van der Waals surface area contributed by atoms with Crippen LogP contribution < -0.4 is 5.56 Å². The topological polar surface area (TPSA) is 53.2 Å². The Morgan fingerprint density at radius 2 is 2.00 bits per heavy atom. The van der Waals surface area contributed by atoms with E-state index in [0.29, 0.717) is 31.5 Å². The molecule has 1 aliphatic heterocycles. The number of nitrogens with one attached hydrogen (secondary N) is 1. The number of carbonyl (C=O) groups is 1. The van der Waals surface area contributed by atoms with E-state index < -0.39 is 0 Å². The lowest BCUT2D eigenvalue weighted by atomic mass is 9.99. The molecular weight excluding hydrogens is 307 g/mol. The Morgan fingerprint density at radius 1 is 1.25 bits per heavy atom. The van der Waals surface area contributed by atoms with Gasteiger partial charge in [0.05, 0.1) is 0 Å². The standard InChI is InChI=1S/C19H19FN2O2/c1-2-17-11-15(12-18(23)21-17)19(24)22-9-7-14(8-10-22)13-3-5-16(20)6-4-13/h3-7,11-12H,2,8-10H2,1H3,(H,21,23). The Kier molecular flexibility index (Phi) is 4.60. The number of hydrogen-bond acceptors (Lipinski definition) is 2. The number of pyridine rings is 1. The molecule has 1 amide bonds. The molecule has 0 bridgehead atoms. The fraction of sp³-hybridized carbons (Fsp3) is 0.263. The van der Waals surface area contributed by atoms with Gasteiger partial charge in [-0.1, -0.05) is 25.1 Å². The minimum absolute atomic E-state index is 0.134. The third kappa shape index (κ3) is 3.45. The molecular formula is C19H19FN2O2. The molecule has 1 aliphatic rings. The zero-order valence-corrected chi connectivity index (χ0v) is 13.5. The second-order valence-electron chi connectivity index (χ2n) is 5.85. The number of amides is 1. The first-order chi connectivity index (χ1) is 11.6. The monoisotopic (exact) mass is 326 g/mol. The van der Waals surface area contributed by atoms with E-state index in [1.807, 2.05) is 13.0 Å². The molecule has 2 aromatic rings. The van der Waals surface area contributed by atoms with Crippen LogP contribution in [0, 0.1) is 5.82 Å². The van der Waals surface area contributed by atoms with Crippen molar-refractivity contribution in [1.29, 1.82) is 0 Å². The van der Waals surface area contributed by atoms with E-state index in [0.717, 1.165) is 16.8 Å². The number of rotatable bonds is 3. The van der Waals surface area contributed by atoms with Gasteiger partial charge in [0.25, 0.3) is 5.91 Å². The fourth-order valence-electron chi connectivity index (χ4n) is 2.88. The van der Waals surface area contributed by atoms with Gasteiger partial charge in [-0.25, -0.2) is 4.39 Å². The molecule has 0 unspecified atom stereocenters. The van der Waals surface area contributed by atoms with Crippen LogP contribution in [0.3, 0.4) is 0 Å². The van der Waals surface area contributed by atoms with Crippen molar-refractivity contribution in [3.05, 3.63) is 75.5 Å². The first-order valence-electron chi connectivity index (χ1n) is 8.04. The van der Waals surface area contributed by atoms with E-state index in [4.69, 9.17) is 0 Å². The quantitative estimate of drug-likeness (QED) is 0.943. The van der Waals surface area contributed by atoms with Crippen LogP contribution in [-0.2, 0) is 6.42 Å². The number of halogens is 1. The van der Waals surface area contributed by atoms with Gasteiger partial charge in [0.2, 0.25) is 5.56 Å². The van der Waals surface area contributed by atoms with Gasteiger partial charge >= 0.3 is 0 Å². The van der Waals surface area contributed by atoms with Gasteiger partial charge in [-0.2, -0.15) is 0 Å². The van der Waals surface area contributed by atoms with Crippen LogP contribution in [0.5, 0.6) is 0 Å². The van der Waals surface area contributed by atoms with Crippen molar-refractivity contribution in [3.8, 4) is 0 Å². The molecule has 0 saturated carbocycles. The van der Waals surface area contributed by atoms with Crippen molar-refractivity contribution in [2.75, 3.05) is 13.1 Å². The zero-order chi connectivity index (χ0) is 17.1. The molecule has 2 heterocycles. The average molecular weight is 326 g/mol. The number of aromatic amines is 1. The molecule has 0 fully saturated rings. The maximum atomic E-state index is 13.0. The lowest BCUT2D eigenvalue weighted by Gasteiger charge is -2.27. The lowest BCUT2D eigenvalue weighted by molar-refractivity contribution is 0.0772. The van der Waals surface area contributed by atoms with E-state index in [2.05, 4.69) is 4.98 Å². The van der Waals surface area contributed by atoms with Gasteiger partial charge in [0, 0.05) is 30.4 Å². The van der Waals surface area contributed by atoms with Gasteiger partial charge in [0.15, 0.2) is 0 Å². The lowest BCUT2D eigenvalue weighted by Crippen LogP contribution is -2.35. The summed E-state index contributed by atoms with van der Waals surface area (Å²) in [4.78, 5) is 28.7. The average Bonchev–Trinajstić information content (AvgIpc) is 2.61. The van der Waals surface area contributed by atoms with E-state index in [9.17, 15) is 14.0 Å². The molecule has 1 N–H and O–H groups in total. The Bertz CT molecular complexity index is 837. The predicted molar refractivity (Wildman–Crippen MR) is 91.3 cm³/mol. The van der Waals surface area contributed by atoms with E-state index >= 15 is 0 Å². The van der Waals surface area contributed by atoms with Gasteiger partial charge in [0.1, 0.15) is 5.82 Å². The smallest absolute Gasteiger partial charge is 0.254 e. The summed E-state index contributed by atoms with van der Waals surface area (Å²) in [6.45, 7) is 2.99. The summed E-state index contributed by atoms with van der Waals surface area (Å²) in [5, 5.41) is 0. The summed E-state index contributed by atoms with van der Waals surface area (Å²) in [6, 6.07) is 9.47. The maximum Gasteiger partial charge on any atom is 0.254 e. The predicted octanol–water partition coefficient (Wildman–Crippen LogP) is 3.01. The maximum absolute atomic E-state index is 13.0. The first kappa shape index (κ1) is 16.2. The number of aryl methyl sites for hydroxylation is 1. The van der Waals surface area contributed by atoms with Crippen molar-refractivity contribution in [2.45, 2.75) is 19.8 Å². The molecule has 1 aromatic carbocycles. The third-order valence-electron chi connectivity index (χ3n) is 4.24. The molecule has 0 spiro atoms. The number of nitrogens with zero attached hydrogens (tertiary/aromatic N) is 1. The number of hydrogen-bond donors (Lipinski definition) is 1. The van der Waals surface area contributed by atoms with Gasteiger partial charge in [-0.05, 0) is 42.2 Å². The largest absolute Gasteiger partial charge is 0.335 e. The second kappa shape index (κ2) is 6.83. The van der Waals surface area contributed by atoms with Crippen LogP contribution in [0.2, 0.25) is 0 Å². The van der Waals surface area contributed by atoms with Gasteiger partial charge in [-0.15, -0.1) is 0 Å². The Balaban J connectivity index is 1.76. The van der Waals surface area contributed by atoms with Crippen molar-refractivity contribution in [2.24, 2.45) is 0 Å². The first-order valence-corrected chi connectivity index (χ1v) is 8.04. The van der Waals surface area contributed by atoms with E-state index in [-0.39, 0.29) is 17.3 Å². The highest BCUT2D eigenvalue weighted by Crippen LogP contribution is 2.23. The Hall–Kier alpha value is -2.69. The molecule has 24 heavy (non-hydrogen) atoms. The number of aromatic nitrogens is 1. The normalized spacial score (nSPS) is 14.4. The van der Waals surface area contributed by atoms with Crippen molar-refractivity contribution < 1.29 is 9.18 Å². The fourth-order valence-corrected chi connectivity index (χ4v) is 2.88. The Morgan fingerprint density at radius 3 is 2.62 bits per heavy atom. The summed E-state index contributed by atoms with van der Waals surface area (Å²) >= 11 is 0. The number of benzene rings is 1. The molecule has 0 radical (unpaired) electrons. The van der Waals surface area contributed by atoms with Crippen LogP contribution in [0.15, 0.2) is 47.3 Å². The SMILES string of the molecule is CCc1cc(C(=O)N2CC=C(c3ccc(F)cc3)CC2)cc(=O)[nH]1. The summed E-state index contributed by atoms with van der Waals surface area (Å²) in [7, 11) is 0. The molecule has 5 heteroatoms. The molecule has 4 nitrogen and oxygen atoms in total. The molecule has 0 atom stereocenters. The van der Waals surface area contributed by atoms with Crippen molar-refractivity contribution in [3.63, 3.8) is 0 Å². The molecule has 0 aliphatic carbocycles. The van der Waals surface area contributed by atoms with Crippen molar-refractivity contribution in [1.82, 2.24) is 9.88 Å². The summed E-state index contributed by atoms with van der Waals surface area (Å²) < 4.78 is 13.0. The van der Waals surface area contributed by atoms with Gasteiger partial charge in [-0.3, -0.25) is 9.59 Å². The second-order valence-corrected chi connectivity index (χ2v) is 5.85. The van der Waals surface area contributed by atoms with E-state index in [1.165, 1.54) is 18.2 Å².